The molecule has 0 aromatic heterocycles. The summed E-state index contributed by atoms with van der Waals surface area (Å²) >= 11 is 0. The topological polar surface area (TPSA) is 67.2 Å². The number of ketones is 1. The van der Waals surface area contributed by atoms with Crippen LogP contribution in [0, 0.1) is 23.1 Å². The molecule has 0 amide bonds. The Morgan fingerprint density at radius 1 is 1.44 bits per heavy atom. The minimum absolute atomic E-state index is 0.123. The number of esters is 1. The predicted molar refractivity (Wildman–Crippen MR) is 61.1 cm³/mol. The summed E-state index contributed by atoms with van der Waals surface area (Å²) in [5.41, 5.74) is -0.123. The number of nitrogens with zero attached hydrogens (tertiary/aromatic N) is 1. The van der Waals surface area contributed by atoms with Crippen LogP contribution in [0.3, 0.4) is 0 Å². The summed E-state index contributed by atoms with van der Waals surface area (Å²) < 4.78 is 18.0. The molecule has 1 atom stereocenters. The molecule has 0 unspecified atom stereocenters. The van der Waals surface area contributed by atoms with Gasteiger partial charge in [0.05, 0.1) is 18.2 Å². The molecule has 1 aromatic carbocycles. The highest BCUT2D eigenvalue weighted by Gasteiger charge is 2.24. The van der Waals surface area contributed by atoms with E-state index in [2.05, 4.69) is 4.74 Å². The van der Waals surface area contributed by atoms with E-state index in [-0.39, 0.29) is 18.6 Å². The van der Waals surface area contributed by atoms with Gasteiger partial charge in [-0.05, 0) is 19.1 Å². The van der Waals surface area contributed by atoms with Gasteiger partial charge in [0.2, 0.25) is 0 Å². The molecule has 0 fully saturated rings. The number of hydrogen-bond donors (Lipinski definition) is 0. The first kappa shape index (κ1) is 13.8. The van der Waals surface area contributed by atoms with Crippen LogP contribution in [0.1, 0.15) is 23.7 Å². The highest BCUT2D eigenvalue weighted by atomic mass is 19.1. The van der Waals surface area contributed by atoms with Crippen molar-refractivity contribution in [1.82, 2.24) is 0 Å². The van der Waals surface area contributed by atoms with Gasteiger partial charge in [-0.25, -0.2) is 4.39 Å². The normalized spacial score (nSPS) is 11.4. The molecule has 0 saturated carbocycles. The van der Waals surface area contributed by atoms with Gasteiger partial charge in [0.1, 0.15) is 5.82 Å². The molecular formula is C13H12FNO3. The van der Waals surface area contributed by atoms with Crippen LogP contribution in [-0.2, 0) is 9.53 Å². The Morgan fingerprint density at radius 2 is 2.11 bits per heavy atom. The van der Waals surface area contributed by atoms with Crippen molar-refractivity contribution in [3.63, 3.8) is 0 Å². The van der Waals surface area contributed by atoms with E-state index in [4.69, 9.17) is 5.26 Å². The van der Waals surface area contributed by atoms with Crippen LogP contribution in [0.15, 0.2) is 24.3 Å². The third kappa shape index (κ3) is 3.39. The van der Waals surface area contributed by atoms with Crippen LogP contribution in [0.5, 0.6) is 0 Å². The number of halogens is 1. The lowest BCUT2D eigenvalue weighted by Gasteiger charge is -2.07. The van der Waals surface area contributed by atoms with Crippen LogP contribution in [0.2, 0.25) is 0 Å². The zero-order valence-corrected chi connectivity index (χ0v) is 9.85. The monoisotopic (exact) mass is 249 g/mol. The SMILES string of the molecule is CCOC(=O)[C@@H](C#N)CC(=O)c1ccccc1F. The Kier molecular flexibility index (Phi) is 5.00. The van der Waals surface area contributed by atoms with E-state index in [1.807, 2.05) is 0 Å². The Balaban J connectivity index is 2.78. The van der Waals surface area contributed by atoms with Crippen LogP contribution in [0.25, 0.3) is 0 Å². The smallest absolute Gasteiger partial charge is 0.323 e. The van der Waals surface area contributed by atoms with E-state index >= 15 is 0 Å². The van der Waals surface area contributed by atoms with Gasteiger partial charge in [0.25, 0.3) is 0 Å². The third-order valence-electron chi connectivity index (χ3n) is 2.29. The maximum Gasteiger partial charge on any atom is 0.323 e. The maximum atomic E-state index is 13.3. The molecular weight excluding hydrogens is 237 g/mol. The van der Waals surface area contributed by atoms with E-state index in [0.29, 0.717) is 0 Å². The van der Waals surface area contributed by atoms with Crippen molar-refractivity contribution in [1.29, 1.82) is 5.26 Å². The Bertz CT molecular complexity index is 493. The molecule has 1 aromatic rings. The van der Waals surface area contributed by atoms with Crippen LogP contribution < -0.4 is 0 Å². The molecule has 0 saturated heterocycles. The maximum absolute atomic E-state index is 13.3. The molecule has 94 valence electrons. The number of benzene rings is 1. The molecule has 0 heterocycles. The van der Waals surface area contributed by atoms with Crippen molar-refractivity contribution in [2.24, 2.45) is 5.92 Å². The molecule has 4 nitrogen and oxygen atoms in total. The summed E-state index contributed by atoms with van der Waals surface area (Å²) in [6.45, 7) is 1.73. The van der Waals surface area contributed by atoms with E-state index in [9.17, 15) is 14.0 Å². The van der Waals surface area contributed by atoms with Gasteiger partial charge in [-0.15, -0.1) is 0 Å². The second kappa shape index (κ2) is 6.50. The van der Waals surface area contributed by atoms with Crippen molar-refractivity contribution in [3.05, 3.63) is 35.6 Å². The second-order valence-electron chi connectivity index (χ2n) is 3.54. The lowest BCUT2D eigenvalue weighted by molar-refractivity contribution is -0.145. The van der Waals surface area contributed by atoms with E-state index < -0.39 is 23.5 Å². The number of carbonyl (C=O) groups is 2. The molecule has 0 aliphatic heterocycles. The van der Waals surface area contributed by atoms with Gasteiger partial charge >= 0.3 is 5.97 Å². The van der Waals surface area contributed by atoms with Gasteiger partial charge in [-0.2, -0.15) is 5.26 Å². The van der Waals surface area contributed by atoms with Crippen molar-refractivity contribution < 1.29 is 18.7 Å². The Hall–Kier alpha value is -2.22. The lowest BCUT2D eigenvalue weighted by atomic mass is 9.99. The molecule has 1 rings (SSSR count). The van der Waals surface area contributed by atoms with Gasteiger partial charge in [-0.1, -0.05) is 12.1 Å². The van der Waals surface area contributed by atoms with Crippen molar-refractivity contribution in [3.8, 4) is 6.07 Å². The average molecular weight is 249 g/mol. The number of carbonyl (C=O) groups excluding carboxylic acids is 2. The molecule has 0 bridgehead atoms. The minimum atomic E-state index is -1.20. The first-order valence-electron chi connectivity index (χ1n) is 5.44. The highest BCUT2D eigenvalue weighted by molar-refractivity contribution is 5.98. The fourth-order valence-corrected chi connectivity index (χ4v) is 1.41. The number of ether oxygens (including phenoxy) is 1. The molecule has 0 N–H and O–H groups in total. The first-order valence-corrected chi connectivity index (χ1v) is 5.44. The molecule has 0 aliphatic rings. The molecule has 0 spiro atoms. The predicted octanol–water partition coefficient (Wildman–Crippen LogP) is 2.10. The molecule has 5 heteroatoms. The first-order chi connectivity index (χ1) is 8.60. The number of hydrogen-bond acceptors (Lipinski definition) is 4. The van der Waals surface area contributed by atoms with Crippen molar-refractivity contribution in [2.45, 2.75) is 13.3 Å². The van der Waals surface area contributed by atoms with Gasteiger partial charge in [0.15, 0.2) is 11.7 Å². The molecule has 18 heavy (non-hydrogen) atoms. The van der Waals surface area contributed by atoms with Crippen molar-refractivity contribution >= 4 is 11.8 Å². The number of rotatable bonds is 5. The lowest BCUT2D eigenvalue weighted by Crippen LogP contribution is -2.20. The zero-order chi connectivity index (χ0) is 13.5. The average Bonchev–Trinajstić information content (AvgIpc) is 2.36. The summed E-state index contributed by atoms with van der Waals surface area (Å²) in [6.07, 6.45) is -0.379. The van der Waals surface area contributed by atoms with Gasteiger partial charge in [-0.3, -0.25) is 9.59 Å². The third-order valence-corrected chi connectivity index (χ3v) is 2.29. The van der Waals surface area contributed by atoms with Gasteiger partial charge in [0, 0.05) is 6.42 Å². The van der Waals surface area contributed by atoms with Gasteiger partial charge < -0.3 is 4.74 Å². The van der Waals surface area contributed by atoms with Crippen LogP contribution in [0.4, 0.5) is 4.39 Å². The quantitative estimate of drug-likeness (QED) is 0.592. The summed E-state index contributed by atoms with van der Waals surface area (Å²) in [5.74, 6) is -3.21. The van der Waals surface area contributed by atoms with Crippen LogP contribution in [-0.4, -0.2) is 18.4 Å². The molecule has 0 radical (unpaired) electrons. The Morgan fingerprint density at radius 3 is 2.67 bits per heavy atom. The van der Waals surface area contributed by atoms with E-state index in [1.165, 1.54) is 18.2 Å². The summed E-state index contributed by atoms with van der Waals surface area (Å²) in [6, 6.07) is 7.13. The van der Waals surface area contributed by atoms with E-state index in [1.54, 1.807) is 13.0 Å². The summed E-state index contributed by atoms with van der Waals surface area (Å²) in [7, 11) is 0. The highest BCUT2D eigenvalue weighted by Crippen LogP contribution is 2.14. The summed E-state index contributed by atoms with van der Waals surface area (Å²) in [4.78, 5) is 23.1. The Labute approximate surface area is 104 Å². The number of Topliss-reactive ketones (excluding diaryl/α,β-unsaturated/α-hetero) is 1. The largest absolute Gasteiger partial charge is 0.465 e. The fourth-order valence-electron chi connectivity index (χ4n) is 1.41. The zero-order valence-electron chi connectivity index (χ0n) is 9.85. The van der Waals surface area contributed by atoms with Crippen LogP contribution >= 0.6 is 0 Å². The summed E-state index contributed by atoms with van der Waals surface area (Å²) in [5, 5.41) is 8.79. The van der Waals surface area contributed by atoms with Crippen molar-refractivity contribution in [2.75, 3.05) is 6.61 Å². The standard InChI is InChI=1S/C13H12FNO3/c1-2-18-13(17)9(8-15)7-12(16)10-5-3-4-6-11(10)14/h3-6,9H,2,7H2,1H3/t9-/m1/s1. The second-order valence-corrected chi connectivity index (χ2v) is 3.54. The number of nitriles is 1. The minimum Gasteiger partial charge on any atom is -0.465 e. The fraction of sp³-hybridized carbons (Fsp3) is 0.308. The molecule has 0 aliphatic carbocycles. The van der Waals surface area contributed by atoms with E-state index in [0.717, 1.165) is 6.07 Å².